The van der Waals surface area contributed by atoms with Crippen molar-refractivity contribution < 1.29 is 5.11 Å². The van der Waals surface area contributed by atoms with Crippen molar-refractivity contribution in [1.29, 1.82) is 0 Å². The van der Waals surface area contributed by atoms with Gasteiger partial charge in [-0.15, -0.1) is 24.0 Å². The molecule has 0 fully saturated rings. The molecule has 0 bridgehead atoms. The number of aliphatic hydroxyl groups is 1. The normalized spacial score (nSPS) is 12.2. The molecular weight excluding hydrogens is 503 g/mol. The minimum atomic E-state index is 0. The number of nitrogens with zero attached hydrogens (tertiary/aromatic N) is 4. The van der Waals surface area contributed by atoms with Crippen LogP contribution < -0.4 is 10.6 Å². The third-order valence-electron chi connectivity index (χ3n) is 4.81. The molecule has 0 saturated heterocycles. The van der Waals surface area contributed by atoms with E-state index >= 15 is 0 Å². The Morgan fingerprint density at radius 1 is 1.13 bits per heavy atom. The lowest BCUT2D eigenvalue weighted by Gasteiger charge is -2.18. The first-order chi connectivity index (χ1) is 14.6. The van der Waals surface area contributed by atoms with E-state index in [1.165, 1.54) is 0 Å². The van der Waals surface area contributed by atoms with Crippen LogP contribution in [0.4, 0.5) is 0 Å². The van der Waals surface area contributed by atoms with Crippen LogP contribution >= 0.6 is 24.0 Å². The minimum absolute atomic E-state index is 0. The van der Waals surface area contributed by atoms with Crippen LogP contribution in [0.15, 0.2) is 59.7 Å². The van der Waals surface area contributed by atoms with E-state index in [2.05, 4.69) is 25.7 Å². The van der Waals surface area contributed by atoms with Crippen LogP contribution in [-0.4, -0.2) is 45.5 Å². The van der Waals surface area contributed by atoms with Gasteiger partial charge in [-0.3, -0.25) is 0 Å². The van der Waals surface area contributed by atoms with Gasteiger partial charge in [0.15, 0.2) is 11.8 Å². The number of hydrogen-bond donors (Lipinski definition) is 3. The molecule has 0 saturated carbocycles. The van der Waals surface area contributed by atoms with Crippen molar-refractivity contribution >= 4 is 29.9 Å². The van der Waals surface area contributed by atoms with Gasteiger partial charge in [0.25, 0.3) is 0 Å². The summed E-state index contributed by atoms with van der Waals surface area (Å²) in [6.07, 6.45) is 1.83. The second-order valence-corrected chi connectivity index (χ2v) is 7.23. The summed E-state index contributed by atoms with van der Waals surface area (Å²) in [6.45, 7) is 7.97. The number of hydrogen-bond acceptors (Lipinski definition) is 4. The van der Waals surface area contributed by atoms with Gasteiger partial charge in [-0.25, -0.2) is 14.7 Å². The molecule has 2 aromatic heterocycles. The van der Waals surface area contributed by atoms with Gasteiger partial charge in [0.05, 0.1) is 18.8 Å². The first kappa shape index (κ1) is 24.8. The van der Waals surface area contributed by atoms with E-state index in [1.54, 1.807) is 0 Å². The van der Waals surface area contributed by atoms with Crippen LogP contribution in [0.25, 0.3) is 5.82 Å². The highest BCUT2D eigenvalue weighted by Gasteiger charge is 2.11. The molecule has 0 radical (unpaired) electrons. The lowest BCUT2D eigenvalue weighted by molar-refractivity contribution is 0.265. The summed E-state index contributed by atoms with van der Waals surface area (Å²) in [7, 11) is 0. The number of aliphatic imine (C=N–C) groups is 1. The molecule has 1 aromatic carbocycles. The zero-order valence-electron chi connectivity index (χ0n) is 18.2. The van der Waals surface area contributed by atoms with Gasteiger partial charge in [-0.1, -0.05) is 36.4 Å². The van der Waals surface area contributed by atoms with E-state index in [4.69, 9.17) is 0 Å². The average Bonchev–Trinajstić information content (AvgIpc) is 3.11. The quantitative estimate of drug-likeness (QED) is 0.235. The number of halogens is 1. The third-order valence-corrected chi connectivity index (χ3v) is 4.81. The highest BCUT2D eigenvalue weighted by molar-refractivity contribution is 14.0. The molecule has 7 nitrogen and oxygen atoms in total. The van der Waals surface area contributed by atoms with Crippen LogP contribution in [0.5, 0.6) is 0 Å². The Hall–Kier alpha value is -2.46. The fourth-order valence-electron chi connectivity index (χ4n) is 3.24. The molecule has 0 aliphatic rings. The van der Waals surface area contributed by atoms with E-state index in [1.807, 2.05) is 80.2 Å². The van der Waals surface area contributed by atoms with Crippen LogP contribution in [0.2, 0.25) is 0 Å². The monoisotopic (exact) mass is 534 g/mol. The maximum absolute atomic E-state index is 9.76. The standard InChI is InChI=1S/C23H30N6O.HI/c1-4-24-23(27-15-21(16-30)20-8-6-5-7-9-20)26-14-19-10-11-22(25-13-19)29-18(3)12-17(2)28-29;/h5-13,21,30H,4,14-16H2,1-3H3,(H2,24,26,27);1H. The van der Waals surface area contributed by atoms with Gasteiger partial charge in [-0.05, 0) is 44.0 Å². The summed E-state index contributed by atoms with van der Waals surface area (Å²) in [5, 5.41) is 20.8. The Morgan fingerprint density at radius 3 is 2.48 bits per heavy atom. The van der Waals surface area contributed by atoms with Gasteiger partial charge < -0.3 is 15.7 Å². The number of aliphatic hydroxyl groups excluding tert-OH is 1. The van der Waals surface area contributed by atoms with Gasteiger partial charge in [-0.2, -0.15) is 5.10 Å². The van der Waals surface area contributed by atoms with Crippen LogP contribution in [0.1, 0.15) is 35.4 Å². The molecule has 0 spiro atoms. The van der Waals surface area contributed by atoms with Crippen molar-refractivity contribution in [3.8, 4) is 5.82 Å². The van der Waals surface area contributed by atoms with Crippen molar-refractivity contribution in [3.05, 3.63) is 77.2 Å². The van der Waals surface area contributed by atoms with Gasteiger partial charge in [0.2, 0.25) is 0 Å². The molecule has 0 aliphatic heterocycles. The first-order valence-electron chi connectivity index (χ1n) is 10.3. The lowest BCUT2D eigenvalue weighted by atomic mass is 10.0. The Labute approximate surface area is 201 Å². The molecule has 0 aliphatic carbocycles. The van der Waals surface area contributed by atoms with Crippen LogP contribution in [0.3, 0.4) is 0 Å². The Bertz CT molecular complexity index is 956. The third kappa shape index (κ3) is 7.03. The minimum Gasteiger partial charge on any atom is -0.396 e. The summed E-state index contributed by atoms with van der Waals surface area (Å²) in [5.41, 5.74) is 4.15. The predicted molar refractivity (Wildman–Crippen MR) is 135 cm³/mol. The molecule has 3 aromatic rings. The molecule has 166 valence electrons. The summed E-state index contributed by atoms with van der Waals surface area (Å²) in [5.74, 6) is 1.53. The molecule has 8 heteroatoms. The summed E-state index contributed by atoms with van der Waals surface area (Å²) < 4.78 is 1.84. The number of aromatic nitrogens is 3. The number of pyridine rings is 1. The summed E-state index contributed by atoms with van der Waals surface area (Å²) in [4.78, 5) is 9.19. The molecule has 1 unspecified atom stereocenters. The fraction of sp³-hybridized carbons (Fsp3) is 0.348. The number of nitrogens with one attached hydrogen (secondary N) is 2. The SMILES string of the molecule is CCNC(=NCc1ccc(-n2nc(C)cc2C)nc1)NCC(CO)c1ccccc1.I. The second kappa shape index (κ2) is 12.4. The Morgan fingerprint density at radius 2 is 1.90 bits per heavy atom. The van der Waals surface area contributed by atoms with Gasteiger partial charge in [0.1, 0.15) is 0 Å². The van der Waals surface area contributed by atoms with E-state index < -0.39 is 0 Å². The Balaban J connectivity index is 0.00000341. The van der Waals surface area contributed by atoms with E-state index in [-0.39, 0.29) is 36.5 Å². The molecular formula is C23H31IN6O. The molecule has 31 heavy (non-hydrogen) atoms. The van der Waals surface area contributed by atoms with Crippen LogP contribution in [0, 0.1) is 13.8 Å². The van der Waals surface area contributed by atoms with Crippen molar-refractivity contribution in [2.45, 2.75) is 33.2 Å². The van der Waals surface area contributed by atoms with Crippen molar-refractivity contribution in [1.82, 2.24) is 25.4 Å². The molecule has 0 amide bonds. The van der Waals surface area contributed by atoms with Gasteiger partial charge in [0, 0.05) is 30.9 Å². The average molecular weight is 534 g/mol. The fourth-order valence-corrected chi connectivity index (χ4v) is 3.24. The van der Waals surface area contributed by atoms with E-state index in [9.17, 15) is 5.11 Å². The Kier molecular flexibility index (Phi) is 9.93. The van der Waals surface area contributed by atoms with Crippen molar-refractivity contribution in [3.63, 3.8) is 0 Å². The zero-order chi connectivity index (χ0) is 21.3. The molecule has 3 N–H and O–H groups in total. The van der Waals surface area contributed by atoms with Crippen LogP contribution in [-0.2, 0) is 6.54 Å². The maximum atomic E-state index is 9.76. The molecule has 2 heterocycles. The topological polar surface area (TPSA) is 87.4 Å². The predicted octanol–water partition coefficient (Wildman–Crippen LogP) is 3.33. The largest absolute Gasteiger partial charge is 0.396 e. The summed E-state index contributed by atoms with van der Waals surface area (Å²) in [6, 6.07) is 16.0. The van der Waals surface area contributed by atoms with Gasteiger partial charge >= 0.3 is 0 Å². The van der Waals surface area contributed by atoms with E-state index in [0.29, 0.717) is 13.1 Å². The second-order valence-electron chi connectivity index (χ2n) is 7.23. The molecule has 1 atom stereocenters. The number of guanidine groups is 1. The van der Waals surface area contributed by atoms with E-state index in [0.717, 1.165) is 40.8 Å². The highest BCUT2D eigenvalue weighted by atomic mass is 127. The summed E-state index contributed by atoms with van der Waals surface area (Å²) >= 11 is 0. The van der Waals surface area contributed by atoms with Crippen molar-refractivity contribution in [2.24, 2.45) is 4.99 Å². The molecule has 3 rings (SSSR count). The number of benzene rings is 1. The smallest absolute Gasteiger partial charge is 0.191 e. The van der Waals surface area contributed by atoms with Crippen molar-refractivity contribution in [2.75, 3.05) is 19.7 Å². The maximum Gasteiger partial charge on any atom is 0.191 e. The zero-order valence-corrected chi connectivity index (χ0v) is 20.6. The highest BCUT2D eigenvalue weighted by Crippen LogP contribution is 2.14. The first-order valence-corrected chi connectivity index (χ1v) is 10.3. The lowest BCUT2D eigenvalue weighted by Crippen LogP contribution is -2.39. The number of rotatable bonds is 8. The number of aryl methyl sites for hydroxylation is 2.